The van der Waals surface area contributed by atoms with Gasteiger partial charge in [-0.15, -0.1) is 0 Å². The number of benzene rings is 1. The molecule has 1 aromatic carbocycles. The summed E-state index contributed by atoms with van der Waals surface area (Å²) in [6.07, 6.45) is 6.32. The van der Waals surface area contributed by atoms with E-state index < -0.39 is 0 Å². The van der Waals surface area contributed by atoms with Crippen LogP contribution in [0.15, 0.2) is 6.07 Å². The molecule has 1 aliphatic carbocycles. The summed E-state index contributed by atoms with van der Waals surface area (Å²) in [6.45, 7) is 9.96. The number of rotatable bonds is 4. The second-order valence-electron chi connectivity index (χ2n) is 7.61. The second kappa shape index (κ2) is 6.35. The maximum absolute atomic E-state index is 6.13. The number of hydrogen-bond donors (Lipinski definition) is 1. The van der Waals surface area contributed by atoms with Crippen LogP contribution in [0.5, 0.6) is 5.75 Å². The Morgan fingerprint density at radius 1 is 1.30 bits per heavy atom. The van der Waals surface area contributed by atoms with Crippen LogP contribution in [-0.4, -0.2) is 32.8 Å². The molecular weight excluding hydrogens is 284 g/mol. The van der Waals surface area contributed by atoms with Gasteiger partial charge in [0.2, 0.25) is 0 Å². The van der Waals surface area contributed by atoms with Gasteiger partial charge in [-0.1, -0.05) is 20.3 Å². The molecule has 0 radical (unpaired) electrons. The number of nitrogens with one attached hydrogen (secondary N) is 1. The lowest BCUT2D eigenvalue weighted by Crippen LogP contribution is -2.37. The molecule has 1 saturated carbocycles. The lowest BCUT2D eigenvalue weighted by molar-refractivity contribution is 0.302. The van der Waals surface area contributed by atoms with E-state index in [0.717, 1.165) is 44.5 Å². The van der Waals surface area contributed by atoms with Gasteiger partial charge in [0.1, 0.15) is 12.4 Å². The molecule has 2 heterocycles. The van der Waals surface area contributed by atoms with Gasteiger partial charge < -0.3 is 15.0 Å². The molecule has 3 heteroatoms. The average molecular weight is 314 g/mol. The quantitative estimate of drug-likeness (QED) is 0.920. The van der Waals surface area contributed by atoms with Gasteiger partial charge in [0.15, 0.2) is 0 Å². The molecule has 3 aliphatic rings. The highest BCUT2D eigenvalue weighted by Gasteiger charge is 2.35. The van der Waals surface area contributed by atoms with E-state index >= 15 is 0 Å². The summed E-state index contributed by atoms with van der Waals surface area (Å²) >= 11 is 0. The Hall–Kier alpha value is -1.22. The molecule has 23 heavy (non-hydrogen) atoms. The highest BCUT2D eigenvalue weighted by Crippen LogP contribution is 2.51. The van der Waals surface area contributed by atoms with Crippen LogP contribution in [0.25, 0.3) is 0 Å². The molecule has 3 nitrogen and oxygen atoms in total. The van der Waals surface area contributed by atoms with Crippen LogP contribution in [0.1, 0.15) is 55.7 Å². The van der Waals surface area contributed by atoms with Crippen molar-refractivity contribution >= 4 is 5.69 Å². The molecule has 1 atom stereocenters. The first kappa shape index (κ1) is 15.3. The highest BCUT2D eigenvalue weighted by molar-refractivity contribution is 5.71. The van der Waals surface area contributed by atoms with Crippen LogP contribution in [0.2, 0.25) is 0 Å². The maximum atomic E-state index is 6.13. The highest BCUT2D eigenvalue weighted by atomic mass is 16.5. The number of anilines is 1. The zero-order valence-corrected chi connectivity index (χ0v) is 14.7. The molecule has 2 aliphatic heterocycles. The summed E-state index contributed by atoms with van der Waals surface area (Å²) in [5.74, 6) is 2.70. The van der Waals surface area contributed by atoms with Gasteiger partial charge in [0.25, 0.3) is 0 Å². The van der Waals surface area contributed by atoms with Crippen molar-refractivity contribution in [1.29, 1.82) is 0 Å². The molecule has 0 bridgehead atoms. The van der Waals surface area contributed by atoms with Crippen molar-refractivity contribution < 1.29 is 4.74 Å². The average Bonchev–Trinajstić information content (AvgIpc) is 3.39. The Balaban J connectivity index is 1.80. The molecule has 4 rings (SSSR count). The first-order chi connectivity index (χ1) is 11.3. The Morgan fingerprint density at radius 2 is 2.13 bits per heavy atom. The SMILES string of the molecule is CC[C@H](C)CN1CCOc2cc3c(c(C4CC4)c21)CCNCC3. The molecule has 1 aromatic rings. The second-order valence-corrected chi connectivity index (χ2v) is 7.61. The van der Waals surface area contributed by atoms with Gasteiger partial charge >= 0.3 is 0 Å². The fraction of sp³-hybridized carbons (Fsp3) is 0.700. The molecule has 0 unspecified atom stereocenters. The van der Waals surface area contributed by atoms with Crippen LogP contribution in [0.4, 0.5) is 5.69 Å². The van der Waals surface area contributed by atoms with E-state index in [-0.39, 0.29) is 0 Å². The predicted molar refractivity (Wildman–Crippen MR) is 95.9 cm³/mol. The monoisotopic (exact) mass is 314 g/mol. The van der Waals surface area contributed by atoms with E-state index in [1.165, 1.54) is 43.7 Å². The minimum atomic E-state index is 0.744. The fourth-order valence-corrected chi connectivity index (χ4v) is 4.16. The third-order valence-electron chi connectivity index (χ3n) is 5.78. The van der Waals surface area contributed by atoms with Crippen molar-refractivity contribution in [3.63, 3.8) is 0 Å². The third-order valence-corrected chi connectivity index (χ3v) is 5.78. The summed E-state index contributed by atoms with van der Waals surface area (Å²) in [5.41, 5.74) is 6.31. The molecule has 126 valence electrons. The predicted octanol–water partition coefficient (Wildman–Crippen LogP) is 3.50. The van der Waals surface area contributed by atoms with Crippen LogP contribution < -0.4 is 15.0 Å². The first-order valence-electron chi connectivity index (χ1n) is 9.55. The van der Waals surface area contributed by atoms with E-state index in [1.807, 2.05) is 0 Å². The van der Waals surface area contributed by atoms with Crippen molar-refractivity contribution in [2.45, 2.75) is 51.9 Å². The lowest BCUT2D eigenvalue weighted by Gasteiger charge is -2.36. The van der Waals surface area contributed by atoms with Gasteiger partial charge in [0, 0.05) is 6.54 Å². The Labute approximate surface area is 140 Å². The Morgan fingerprint density at radius 3 is 2.91 bits per heavy atom. The van der Waals surface area contributed by atoms with Crippen molar-refractivity contribution in [2.75, 3.05) is 37.7 Å². The standard InChI is InChI=1S/C20H30N2O/c1-3-14(2)13-22-10-11-23-18-12-16-6-8-21-9-7-17(16)19(20(18)22)15-4-5-15/h12,14-15,21H,3-11,13H2,1-2H3/t14-/m0/s1. The molecule has 1 N–H and O–H groups in total. The van der Waals surface area contributed by atoms with Crippen molar-refractivity contribution in [3.8, 4) is 5.75 Å². The summed E-state index contributed by atoms with van der Waals surface area (Å²) in [4.78, 5) is 2.64. The first-order valence-corrected chi connectivity index (χ1v) is 9.55. The van der Waals surface area contributed by atoms with Crippen LogP contribution >= 0.6 is 0 Å². The number of ether oxygens (including phenoxy) is 1. The van der Waals surface area contributed by atoms with E-state index in [9.17, 15) is 0 Å². The summed E-state index contributed by atoms with van der Waals surface area (Å²) in [5, 5.41) is 3.57. The van der Waals surface area contributed by atoms with Gasteiger partial charge in [0.05, 0.1) is 12.2 Å². The third kappa shape index (κ3) is 2.96. The van der Waals surface area contributed by atoms with E-state index in [0.29, 0.717) is 0 Å². The number of fused-ring (bicyclic) bond motifs is 2. The Bertz CT molecular complexity index is 579. The summed E-state index contributed by atoms with van der Waals surface area (Å²) in [6, 6.07) is 2.37. The lowest BCUT2D eigenvalue weighted by atomic mass is 9.90. The molecule has 1 fully saturated rings. The molecule has 0 aromatic heterocycles. The smallest absolute Gasteiger partial charge is 0.143 e. The minimum Gasteiger partial charge on any atom is -0.490 e. The van der Waals surface area contributed by atoms with Gasteiger partial charge in [-0.2, -0.15) is 0 Å². The van der Waals surface area contributed by atoms with E-state index in [4.69, 9.17) is 4.74 Å². The van der Waals surface area contributed by atoms with Crippen molar-refractivity contribution in [1.82, 2.24) is 5.32 Å². The van der Waals surface area contributed by atoms with Gasteiger partial charge in [-0.25, -0.2) is 0 Å². The van der Waals surface area contributed by atoms with Crippen molar-refractivity contribution in [3.05, 3.63) is 22.8 Å². The molecule has 0 amide bonds. The molecule has 0 saturated heterocycles. The summed E-state index contributed by atoms with van der Waals surface area (Å²) < 4.78 is 6.13. The van der Waals surface area contributed by atoms with Gasteiger partial charge in [-0.3, -0.25) is 0 Å². The zero-order valence-electron chi connectivity index (χ0n) is 14.7. The molecule has 0 spiro atoms. The van der Waals surface area contributed by atoms with Crippen LogP contribution in [0, 0.1) is 5.92 Å². The fourth-order valence-electron chi connectivity index (χ4n) is 4.16. The van der Waals surface area contributed by atoms with Gasteiger partial charge in [-0.05, 0) is 73.4 Å². The topological polar surface area (TPSA) is 24.5 Å². The van der Waals surface area contributed by atoms with Crippen molar-refractivity contribution in [2.24, 2.45) is 5.92 Å². The zero-order chi connectivity index (χ0) is 15.8. The van der Waals surface area contributed by atoms with Crippen LogP contribution in [0.3, 0.4) is 0 Å². The normalized spacial score (nSPS) is 21.9. The maximum Gasteiger partial charge on any atom is 0.143 e. The van der Waals surface area contributed by atoms with Crippen LogP contribution in [-0.2, 0) is 12.8 Å². The van der Waals surface area contributed by atoms with E-state index in [2.05, 4.69) is 30.1 Å². The summed E-state index contributed by atoms with van der Waals surface area (Å²) in [7, 11) is 0. The number of hydrogen-bond acceptors (Lipinski definition) is 3. The van der Waals surface area contributed by atoms with E-state index in [1.54, 1.807) is 16.7 Å². The molecular formula is C20H30N2O. The minimum absolute atomic E-state index is 0.744. The largest absolute Gasteiger partial charge is 0.490 e. The number of nitrogens with zero attached hydrogens (tertiary/aromatic N) is 1. The Kier molecular flexibility index (Phi) is 4.23.